The van der Waals surface area contributed by atoms with Crippen molar-refractivity contribution in [3.8, 4) is 0 Å². The van der Waals surface area contributed by atoms with Crippen LogP contribution in [0.1, 0.15) is 13.3 Å². The summed E-state index contributed by atoms with van der Waals surface area (Å²) in [4.78, 5) is 34.9. The Labute approximate surface area is 92.9 Å². The van der Waals surface area contributed by atoms with Gasteiger partial charge >= 0.3 is 5.97 Å². The van der Waals surface area contributed by atoms with Gasteiger partial charge in [-0.05, 0) is 6.92 Å². The van der Waals surface area contributed by atoms with Crippen LogP contribution in [0.2, 0.25) is 0 Å². The van der Waals surface area contributed by atoms with E-state index in [0.29, 0.717) is 19.5 Å². The first-order chi connectivity index (χ1) is 7.56. The number of hydrogen-bond donors (Lipinski definition) is 2. The van der Waals surface area contributed by atoms with Crippen LogP contribution in [0.4, 0.5) is 0 Å². The summed E-state index contributed by atoms with van der Waals surface area (Å²) in [6.45, 7) is 2.50. The zero-order valence-electron chi connectivity index (χ0n) is 9.02. The number of likely N-dealkylation sites (N-methyl/N-ethyl adjacent to an activating group) is 1. The van der Waals surface area contributed by atoms with Crippen molar-refractivity contribution in [2.24, 2.45) is 0 Å². The van der Waals surface area contributed by atoms with Gasteiger partial charge in [0.1, 0.15) is 6.54 Å². The standard InChI is InChI=1S/C10H14N2O4/c1-2-12-4-3-8(13)7(10(12)16)5-11-6-9(14)15/h5,11H,2-4,6H2,1H3,(H,14,15). The topological polar surface area (TPSA) is 86.7 Å². The van der Waals surface area contributed by atoms with Crippen LogP contribution in [0.5, 0.6) is 0 Å². The third kappa shape index (κ3) is 2.82. The van der Waals surface area contributed by atoms with E-state index in [1.807, 2.05) is 6.92 Å². The fourth-order valence-corrected chi connectivity index (χ4v) is 1.45. The molecule has 0 radical (unpaired) electrons. The number of hydrogen-bond acceptors (Lipinski definition) is 4. The Kier molecular flexibility index (Phi) is 4.04. The highest BCUT2D eigenvalue weighted by atomic mass is 16.4. The van der Waals surface area contributed by atoms with Gasteiger partial charge in [-0.25, -0.2) is 0 Å². The van der Waals surface area contributed by atoms with Crippen LogP contribution in [-0.2, 0) is 14.4 Å². The predicted molar refractivity (Wildman–Crippen MR) is 55.6 cm³/mol. The summed E-state index contributed by atoms with van der Waals surface area (Å²) in [5.74, 6) is -1.62. The molecule has 1 saturated heterocycles. The fourth-order valence-electron chi connectivity index (χ4n) is 1.45. The highest BCUT2D eigenvalue weighted by Crippen LogP contribution is 2.12. The maximum atomic E-state index is 11.7. The molecule has 0 unspecified atom stereocenters. The lowest BCUT2D eigenvalue weighted by Gasteiger charge is -2.26. The number of ketones is 1. The van der Waals surface area contributed by atoms with Crippen LogP contribution in [0, 0.1) is 0 Å². The van der Waals surface area contributed by atoms with Crippen LogP contribution in [0.15, 0.2) is 11.8 Å². The smallest absolute Gasteiger partial charge is 0.322 e. The highest BCUT2D eigenvalue weighted by molar-refractivity contribution is 6.20. The molecule has 0 atom stereocenters. The number of rotatable bonds is 4. The molecule has 1 heterocycles. The van der Waals surface area contributed by atoms with Gasteiger partial charge in [-0.2, -0.15) is 0 Å². The van der Waals surface area contributed by atoms with E-state index in [-0.39, 0.29) is 23.8 Å². The van der Waals surface area contributed by atoms with Gasteiger partial charge < -0.3 is 15.3 Å². The van der Waals surface area contributed by atoms with E-state index < -0.39 is 5.97 Å². The van der Waals surface area contributed by atoms with E-state index in [9.17, 15) is 14.4 Å². The molecular formula is C10H14N2O4. The molecule has 88 valence electrons. The first-order valence-electron chi connectivity index (χ1n) is 5.04. The van der Waals surface area contributed by atoms with Gasteiger partial charge in [0, 0.05) is 25.7 Å². The number of carboxylic acids is 1. The van der Waals surface area contributed by atoms with Gasteiger partial charge in [0.25, 0.3) is 5.91 Å². The highest BCUT2D eigenvalue weighted by Gasteiger charge is 2.28. The third-order valence-corrected chi connectivity index (χ3v) is 2.31. The van der Waals surface area contributed by atoms with Crippen LogP contribution >= 0.6 is 0 Å². The molecule has 16 heavy (non-hydrogen) atoms. The normalized spacial score (nSPS) is 19.1. The van der Waals surface area contributed by atoms with Gasteiger partial charge in [0.05, 0.1) is 5.57 Å². The molecule has 1 aliphatic heterocycles. The van der Waals surface area contributed by atoms with Gasteiger partial charge in [0.15, 0.2) is 5.78 Å². The molecule has 1 rings (SSSR count). The van der Waals surface area contributed by atoms with Crippen molar-refractivity contribution in [1.29, 1.82) is 0 Å². The fraction of sp³-hybridized carbons (Fsp3) is 0.500. The van der Waals surface area contributed by atoms with Gasteiger partial charge in [-0.1, -0.05) is 0 Å². The number of nitrogens with zero attached hydrogens (tertiary/aromatic N) is 1. The second kappa shape index (κ2) is 5.29. The Morgan fingerprint density at radius 1 is 1.56 bits per heavy atom. The minimum Gasteiger partial charge on any atom is -0.480 e. The second-order valence-corrected chi connectivity index (χ2v) is 3.39. The van der Waals surface area contributed by atoms with E-state index in [0.717, 1.165) is 0 Å². The van der Waals surface area contributed by atoms with Crippen molar-refractivity contribution >= 4 is 17.7 Å². The Morgan fingerprint density at radius 2 is 2.25 bits per heavy atom. The molecule has 6 nitrogen and oxygen atoms in total. The number of carboxylic acid groups (broad SMARTS) is 1. The second-order valence-electron chi connectivity index (χ2n) is 3.39. The zero-order chi connectivity index (χ0) is 12.1. The van der Waals surface area contributed by atoms with Gasteiger partial charge in [-0.3, -0.25) is 14.4 Å². The molecule has 1 amide bonds. The average Bonchev–Trinajstić information content (AvgIpc) is 2.23. The average molecular weight is 226 g/mol. The number of piperidine rings is 1. The number of carbonyl (C=O) groups excluding carboxylic acids is 2. The van der Waals surface area contributed by atoms with E-state index >= 15 is 0 Å². The lowest BCUT2D eigenvalue weighted by atomic mass is 10.0. The Balaban J connectivity index is 2.70. The summed E-state index contributed by atoms with van der Waals surface area (Å²) in [6.07, 6.45) is 1.49. The molecular weight excluding hydrogens is 212 g/mol. The van der Waals surface area contributed by atoms with Gasteiger partial charge in [-0.15, -0.1) is 0 Å². The number of Topliss-reactive ketones (excluding diaryl/α,β-unsaturated/α-hetero) is 1. The SMILES string of the molecule is CCN1CCC(=O)C(=CNCC(=O)O)C1=O. The van der Waals surface area contributed by atoms with Crippen LogP contribution in [-0.4, -0.2) is 47.3 Å². The van der Waals surface area contributed by atoms with E-state index in [1.54, 1.807) is 4.90 Å². The van der Waals surface area contributed by atoms with E-state index in [1.165, 1.54) is 6.20 Å². The van der Waals surface area contributed by atoms with Crippen LogP contribution in [0.3, 0.4) is 0 Å². The maximum Gasteiger partial charge on any atom is 0.322 e. The number of carbonyl (C=O) groups is 3. The summed E-state index contributed by atoms with van der Waals surface area (Å²) >= 11 is 0. The lowest BCUT2D eigenvalue weighted by molar-refractivity contribution is -0.136. The number of aliphatic carboxylic acids is 1. The lowest BCUT2D eigenvalue weighted by Crippen LogP contribution is -2.41. The summed E-state index contributed by atoms with van der Waals surface area (Å²) in [6, 6.07) is 0. The first-order valence-corrected chi connectivity index (χ1v) is 5.04. The largest absolute Gasteiger partial charge is 0.480 e. The van der Waals surface area contributed by atoms with E-state index in [2.05, 4.69) is 5.32 Å². The van der Waals surface area contributed by atoms with Crippen molar-refractivity contribution in [1.82, 2.24) is 10.2 Å². The van der Waals surface area contributed by atoms with Crippen molar-refractivity contribution in [2.75, 3.05) is 19.6 Å². The number of amides is 1. The summed E-state index contributed by atoms with van der Waals surface area (Å²) in [5, 5.41) is 10.8. The first kappa shape index (κ1) is 12.2. The Morgan fingerprint density at radius 3 is 2.81 bits per heavy atom. The minimum absolute atomic E-state index is 0.0364. The molecule has 0 saturated carbocycles. The Bertz CT molecular complexity index is 349. The molecule has 0 aromatic heterocycles. The van der Waals surface area contributed by atoms with Crippen LogP contribution < -0.4 is 5.32 Å². The molecule has 0 aromatic carbocycles. The van der Waals surface area contributed by atoms with Gasteiger partial charge in [0.2, 0.25) is 0 Å². The quantitative estimate of drug-likeness (QED) is 0.492. The molecule has 1 fully saturated rings. The molecule has 0 bridgehead atoms. The molecule has 0 aromatic rings. The minimum atomic E-state index is -1.04. The molecule has 1 aliphatic rings. The van der Waals surface area contributed by atoms with E-state index in [4.69, 9.17) is 5.11 Å². The van der Waals surface area contributed by atoms with Crippen LogP contribution in [0.25, 0.3) is 0 Å². The maximum absolute atomic E-state index is 11.7. The molecule has 6 heteroatoms. The van der Waals surface area contributed by atoms with Crippen molar-refractivity contribution in [3.05, 3.63) is 11.8 Å². The Hall–Kier alpha value is -1.85. The molecule has 2 N–H and O–H groups in total. The molecule has 0 aliphatic carbocycles. The van der Waals surface area contributed by atoms with Crippen molar-refractivity contribution in [2.45, 2.75) is 13.3 Å². The number of nitrogens with one attached hydrogen (secondary N) is 1. The predicted octanol–water partition coefficient (Wildman–Crippen LogP) is -0.634. The number of likely N-dealkylation sites (tertiary alicyclic amines) is 1. The summed E-state index contributed by atoms with van der Waals surface area (Å²) in [5.41, 5.74) is 0.0364. The zero-order valence-corrected chi connectivity index (χ0v) is 9.02. The van der Waals surface area contributed by atoms with Crippen molar-refractivity contribution < 1.29 is 19.5 Å². The summed E-state index contributed by atoms with van der Waals surface area (Å²) in [7, 11) is 0. The summed E-state index contributed by atoms with van der Waals surface area (Å²) < 4.78 is 0. The molecule has 0 spiro atoms. The monoisotopic (exact) mass is 226 g/mol. The third-order valence-electron chi connectivity index (χ3n) is 2.31. The van der Waals surface area contributed by atoms with Crippen molar-refractivity contribution in [3.63, 3.8) is 0 Å².